The van der Waals surface area contributed by atoms with Crippen LogP contribution in [0, 0.1) is 11.7 Å². The molecular formula is C28H37FN4O2. The largest absolute Gasteiger partial charge is 0.477 e. The van der Waals surface area contributed by atoms with Gasteiger partial charge < -0.3 is 9.64 Å². The Morgan fingerprint density at radius 1 is 1.09 bits per heavy atom. The maximum absolute atomic E-state index is 13.2. The topological polar surface area (TPSA) is 68.2 Å². The van der Waals surface area contributed by atoms with Crippen LogP contribution in [-0.4, -0.2) is 45.0 Å². The van der Waals surface area contributed by atoms with E-state index in [9.17, 15) is 9.18 Å². The number of hydrogen-bond acceptors (Lipinski definition) is 5. The van der Waals surface area contributed by atoms with E-state index in [4.69, 9.17) is 4.74 Å². The van der Waals surface area contributed by atoms with E-state index in [0.717, 1.165) is 30.2 Å². The number of benzene rings is 1. The molecule has 1 amide bonds. The second-order valence-corrected chi connectivity index (χ2v) is 8.52. The lowest BCUT2D eigenvalue weighted by Gasteiger charge is -2.38. The summed E-state index contributed by atoms with van der Waals surface area (Å²) in [5.74, 6) is 0.668. The van der Waals surface area contributed by atoms with Crippen molar-refractivity contribution in [2.45, 2.75) is 59.4 Å². The second-order valence-electron chi connectivity index (χ2n) is 8.52. The van der Waals surface area contributed by atoms with Gasteiger partial charge in [0.15, 0.2) is 0 Å². The summed E-state index contributed by atoms with van der Waals surface area (Å²) in [7, 11) is 0. The highest BCUT2D eigenvalue weighted by molar-refractivity contribution is 5.96. The van der Waals surface area contributed by atoms with Crippen LogP contribution in [0.3, 0.4) is 0 Å². The van der Waals surface area contributed by atoms with Gasteiger partial charge in [-0.25, -0.2) is 19.3 Å². The first-order chi connectivity index (χ1) is 17.0. The van der Waals surface area contributed by atoms with Crippen molar-refractivity contribution < 1.29 is 13.9 Å². The van der Waals surface area contributed by atoms with Crippen molar-refractivity contribution in [1.82, 2.24) is 19.9 Å². The molecule has 1 saturated heterocycles. The minimum atomic E-state index is -0.380. The number of carbonyl (C=O) groups excluding carboxylic acids is 1. The van der Waals surface area contributed by atoms with Crippen molar-refractivity contribution in [3.05, 3.63) is 84.3 Å². The quantitative estimate of drug-likeness (QED) is 0.437. The van der Waals surface area contributed by atoms with Crippen LogP contribution in [0.2, 0.25) is 0 Å². The van der Waals surface area contributed by atoms with Crippen LogP contribution in [0.4, 0.5) is 4.39 Å². The van der Waals surface area contributed by atoms with E-state index in [2.05, 4.69) is 35.7 Å². The van der Waals surface area contributed by atoms with Crippen molar-refractivity contribution in [2.24, 2.45) is 5.92 Å². The van der Waals surface area contributed by atoms with E-state index in [1.165, 1.54) is 18.5 Å². The molecule has 0 bridgehead atoms. The standard InChI is InChI=1S/C22H27FN2O2.C4H4N2.C2H6/c1-15(2)19-6-4-5-7-20(19)22(26)25-13-17(9-8-16(25)3)14-27-21-11-10-18(23)12-24-21;1-2-5-4-6-3-1;1-2/h4-7,10-12,15-17H,8-9,13-14H2,1-3H3;1-4H;1-2H3/t16?,17-;;/m1../s1. The van der Waals surface area contributed by atoms with Gasteiger partial charge in [-0.3, -0.25) is 4.79 Å². The van der Waals surface area contributed by atoms with Crippen LogP contribution in [0.5, 0.6) is 5.88 Å². The third-order valence-corrected chi connectivity index (χ3v) is 5.70. The fourth-order valence-electron chi connectivity index (χ4n) is 3.86. The number of aromatic nitrogens is 3. The van der Waals surface area contributed by atoms with Crippen LogP contribution in [-0.2, 0) is 0 Å². The van der Waals surface area contributed by atoms with Gasteiger partial charge in [0, 0.05) is 42.5 Å². The molecule has 1 fully saturated rings. The number of rotatable bonds is 5. The summed E-state index contributed by atoms with van der Waals surface area (Å²) in [6.45, 7) is 11.5. The van der Waals surface area contributed by atoms with E-state index in [1.54, 1.807) is 18.5 Å². The summed E-state index contributed by atoms with van der Waals surface area (Å²) in [6.07, 6.45) is 7.97. The van der Waals surface area contributed by atoms with E-state index < -0.39 is 0 Å². The van der Waals surface area contributed by atoms with Gasteiger partial charge in [0.05, 0.1) is 12.8 Å². The van der Waals surface area contributed by atoms with Crippen LogP contribution in [0.25, 0.3) is 0 Å². The smallest absolute Gasteiger partial charge is 0.254 e. The molecule has 35 heavy (non-hydrogen) atoms. The van der Waals surface area contributed by atoms with Crippen LogP contribution >= 0.6 is 0 Å². The molecule has 1 unspecified atom stereocenters. The van der Waals surface area contributed by atoms with Crippen LogP contribution in [0.15, 0.2) is 67.4 Å². The molecule has 0 radical (unpaired) electrons. The molecule has 4 rings (SSSR count). The van der Waals surface area contributed by atoms with Gasteiger partial charge in [-0.15, -0.1) is 0 Å². The number of likely N-dealkylation sites (tertiary alicyclic amines) is 1. The second kappa shape index (κ2) is 14.8. The van der Waals surface area contributed by atoms with E-state index >= 15 is 0 Å². The molecule has 0 spiro atoms. The Morgan fingerprint density at radius 3 is 2.37 bits per heavy atom. The van der Waals surface area contributed by atoms with Gasteiger partial charge >= 0.3 is 0 Å². The Labute approximate surface area is 208 Å². The minimum Gasteiger partial charge on any atom is -0.477 e. The number of piperidine rings is 1. The maximum Gasteiger partial charge on any atom is 0.254 e. The number of carbonyl (C=O) groups is 1. The number of hydrogen-bond donors (Lipinski definition) is 0. The zero-order valence-corrected chi connectivity index (χ0v) is 21.4. The number of amides is 1. The monoisotopic (exact) mass is 480 g/mol. The Bertz CT molecular complexity index is 973. The minimum absolute atomic E-state index is 0.0939. The summed E-state index contributed by atoms with van der Waals surface area (Å²) in [6, 6.07) is 12.7. The zero-order chi connectivity index (χ0) is 25.6. The zero-order valence-electron chi connectivity index (χ0n) is 21.4. The first-order valence-corrected chi connectivity index (χ1v) is 12.3. The van der Waals surface area contributed by atoms with Gasteiger partial charge in [-0.2, -0.15) is 0 Å². The lowest BCUT2D eigenvalue weighted by Crippen LogP contribution is -2.47. The predicted octanol–water partition coefficient (Wildman–Crippen LogP) is 6.17. The molecular weight excluding hydrogens is 443 g/mol. The molecule has 2 aromatic heterocycles. The average molecular weight is 481 g/mol. The summed E-state index contributed by atoms with van der Waals surface area (Å²) < 4.78 is 18.7. The normalized spacial score (nSPS) is 16.9. The van der Waals surface area contributed by atoms with Gasteiger partial charge in [-0.05, 0) is 49.4 Å². The maximum atomic E-state index is 13.2. The van der Waals surface area contributed by atoms with Crippen molar-refractivity contribution in [3.63, 3.8) is 0 Å². The molecule has 0 saturated carbocycles. The lowest BCUT2D eigenvalue weighted by molar-refractivity contribution is 0.0501. The highest BCUT2D eigenvalue weighted by atomic mass is 19.1. The van der Waals surface area contributed by atoms with Crippen molar-refractivity contribution in [1.29, 1.82) is 0 Å². The van der Waals surface area contributed by atoms with Crippen molar-refractivity contribution >= 4 is 5.91 Å². The number of halogens is 1. The highest BCUT2D eigenvalue weighted by Gasteiger charge is 2.31. The predicted molar refractivity (Wildman–Crippen MR) is 137 cm³/mol. The Balaban J connectivity index is 0.000000463. The summed E-state index contributed by atoms with van der Waals surface area (Å²) >= 11 is 0. The van der Waals surface area contributed by atoms with Crippen molar-refractivity contribution in [3.8, 4) is 5.88 Å². The number of nitrogens with zero attached hydrogens (tertiary/aromatic N) is 4. The molecule has 0 N–H and O–H groups in total. The SMILES string of the molecule is CC.CC(C)c1ccccc1C(=O)N1C[C@H](COc2ccc(F)cn2)CCC1C.c1cncnc1. The summed E-state index contributed by atoms with van der Waals surface area (Å²) in [5.41, 5.74) is 1.88. The molecule has 0 aliphatic carbocycles. The fourth-order valence-corrected chi connectivity index (χ4v) is 3.86. The van der Waals surface area contributed by atoms with Crippen molar-refractivity contribution in [2.75, 3.05) is 13.2 Å². The fraction of sp³-hybridized carbons (Fsp3) is 0.429. The number of ether oxygens (including phenoxy) is 1. The summed E-state index contributed by atoms with van der Waals surface area (Å²) in [5, 5.41) is 0. The first-order valence-electron chi connectivity index (χ1n) is 12.3. The molecule has 1 aliphatic rings. The van der Waals surface area contributed by atoms with Crippen LogP contribution in [0.1, 0.15) is 69.3 Å². The van der Waals surface area contributed by atoms with E-state index in [1.807, 2.05) is 43.0 Å². The molecule has 1 aromatic carbocycles. The molecule has 3 heterocycles. The molecule has 7 heteroatoms. The molecule has 2 atom stereocenters. The van der Waals surface area contributed by atoms with Crippen LogP contribution < -0.4 is 4.74 Å². The molecule has 3 aromatic rings. The molecule has 6 nitrogen and oxygen atoms in total. The Morgan fingerprint density at radius 2 is 1.80 bits per heavy atom. The Kier molecular flexibility index (Phi) is 11.8. The Hall–Kier alpha value is -3.35. The van der Waals surface area contributed by atoms with E-state index in [0.29, 0.717) is 24.9 Å². The first kappa shape index (κ1) is 27.9. The average Bonchev–Trinajstić information content (AvgIpc) is 2.91. The van der Waals surface area contributed by atoms with Gasteiger partial charge in [0.25, 0.3) is 5.91 Å². The summed E-state index contributed by atoms with van der Waals surface area (Å²) in [4.78, 5) is 26.5. The van der Waals surface area contributed by atoms with Gasteiger partial charge in [-0.1, -0.05) is 45.9 Å². The van der Waals surface area contributed by atoms with Gasteiger partial charge in [0.1, 0.15) is 12.1 Å². The third kappa shape index (κ3) is 8.74. The molecule has 188 valence electrons. The molecule has 1 aliphatic heterocycles. The van der Waals surface area contributed by atoms with Gasteiger partial charge in [0.2, 0.25) is 5.88 Å². The van der Waals surface area contributed by atoms with E-state index in [-0.39, 0.29) is 23.7 Å². The third-order valence-electron chi connectivity index (χ3n) is 5.70. The lowest BCUT2D eigenvalue weighted by atomic mass is 9.91. The highest BCUT2D eigenvalue weighted by Crippen LogP contribution is 2.27. The number of pyridine rings is 1.